The first-order valence-electron chi connectivity index (χ1n) is 11.0. The van der Waals surface area contributed by atoms with Gasteiger partial charge in [-0.05, 0) is 48.0 Å². The predicted octanol–water partition coefficient (Wildman–Crippen LogP) is 7.57. The first-order valence-corrected chi connectivity index (χ1v) is 11.0. The Hall–Kier alpha value is -4.26. The van der Waals surface area contributed by atoms with E-state index in [1.165, 1.54) is 6.07 Å². The zero-order chi connectivity index (χ0) is 24.4. The summed E-state index contributed by atoms with van der Waals surface area (Å²) in [5.74, 6) is 1.88. The molecule has 5 aromatic rings. The minimum absolute atomic E-state index is 0.0765. The predicted molar refractivity (Wildman–Crippen MR) is 129 cm³/mol. The highest BCUT2D eigenvalue weighted by molar-refractivity contribution is 5.95. The Labute approximate surface area is 200 Å². The summed E-state index contributed by atoms with van der Waals surface area (Å²) in [7, 11) is 1.59. The van der Waals surface area contributed by atoms with E-state index in [2.05, 4.69) is 5.10 Å². The molecule has 1 heterocycles. The third-order valence-corrected chi connectivity index (χ3v) is 5.65. The van der Waals surface area contributed by atoms with E-state index >= 15 is 0 Å². The van der Waals surface area contributed by atoms with E-state index in [4.69, 9.17) is 9.47 Å². The number of hydrogen-bond donors (Lipinski definition) is 0. The van der Waals surface area contributed by atoms with Crippen molar-refractivity contribution in [2.24, 2.45) is 0 Å². The minimum atomic E-state index is -4.51. The van der Waals surface area contributed by atoms with E-state index < -0.39 is 11.7 Å². The Bertz CT molecular complexity index is 1460. The van der Waals surface area contributed by atoms with Crippen LogP contribution in [0.25, 0.3) is 22.2 Å². The second kappa shape index (κ2) is 9.18. The third kappa shape index (κ3) is 4.71. The van der Waals surface area contributed by atoms with Crippen LogP contribution in [0.2, 0.25) is 0 Å². The first-order chi connectivity index (χ1) is 16.9. The molecule has 0 aliphatic heterocycles. The van der Waals surface area contributed by atoms with Crippen LogP contribution in [0.5, 0.6) is 17.2 Å². The SMILES string of the molecule is COc1ccc(Oc2cccc(-c3c4cccc(C(F)(F)F)c4nn3Cc3ccccc3)c2)cc1. The van der Waals surface area contributed by atoms with Gasteiger partial charge in [0.25, 0.3) is 0 Å². The van der Waals surface area contributed by atoms with Gasteiger partial charge in [-0.3, -0.25) is 4.68 Å². The summed E-state index contributed by atoms with van der Waals surface area (Å²) in [6.07, 6.45) is -4.51. The number of benzene rings is 4. The summed E-state index contributed by atoms with van der Waals surface area (Å²) >= 11 is 0. The highest BCUT2D eigenvalue weighted by atomic mass is 19.4. The molecule has 0 unspecified atom stereocenters. The maximum Gasteiger partial charge on any atom is 0.418 e. The molecule has 0 fully saturated rings. The van der Waals surface area contributed by atoms with Crippen molar-refractivity contribution in [3.8, 4) is 28.5 Å². The van der Waals surface area contributed by atoms with E-state index in [9.17, 15) is 13.2 Å². The molecule has 0 amide bonds. The Balaban J connectivity index is 1.61. The van der Waals surface area contributed by atoms with Crippen molar-refractivity contribution in [1.29, 1.82) is 0 Å². The van der Waals surface area contributed by atoms with Gasteiger partial charge in [-0.2, -0.15) is 18.3 Å². The van der Waals surface area contributed by atoms with E-state index in [0.29, 0.717) is 40.4 Å². The molecule has 4 aromatic carbocycles. The Kier molecular flexibility index (Phi) is 5.91. The molecule has 0 N–H and O–H groups in total. The lowest BCUT2D eigenvalue weighted by Crippen LogP contribution is -2.06. The van der Waals surface area contributed by atoms with Gasteiger partial charge in [0.05, 0.1) is 24.9 Å². The number of methoxy groups -OCH3 is 1. The summed E-state index contributed by atoms with van der Waals surface area (Å²) in [4.78, 5) is 0. The van der Waals surface area contributed by atoms with Crippen LogP contribution in [0.15, 0.2) is 97.1 Å². The van der Waals surface area contributed by atoms with E-state index in [-0.39, 0.29) is 5.52 Å². The molecule has 35 heavy (non-hydrogen) atoms. The van der Waals surface area contributed by atoms with Crippen molar-refractivity contribution in [2.45, 2.75) is 12.7 Å². The topological polar surface area (TPSA) is 36.3 Å². The second-order valence-corrected chi connectivity index (χ2v) is 8.00. The lowest BCUT2D eigenvalue weighted by molar-refractivity contribution is -0.136. The number of fused-ring (bicyclic) bond motifs is 1. The molecule has 7 heteroatoms. The molecule has 0 saturated carbocycles. The fourth-order valence-corrected chi connectivity index (χ4v) is 4.04. The number of rotatable bonds is 6. The van der Waals surface area contributed by atoms with Crippen molar-refractivity contribution in [1.82, 2.24) is 9.78 Å². The lowest BCUT2D eigenvalue weighted by Gasteiger charge is -2.11. The summed E-state index contributed by atoms with van der Waals surface area (Å²) in [5.41, 5.74) is 1.39. The summed E-state index contributed by atoms with van der Waals surface area (Å²) in [6, 6.07) is 28.1. The van der Waals surface area contributed by atoms with Gasteiger partial charge in [-0.25, -0.2) is 0 Å². The maximum atomic E-state index is 13.8. The molecule has 176 valence electrons. The van der Waals surface area contributed by atoms with Crippen LogP contribution in [-0.2, 0) is 12.7 Å². The van der Waals surface area contributed by atoms with Crippen molar-refractivity contribution in [3.05, 3.63) is 108 Å². The Morgan fingerprint density at radius 1 is 0.771 bits per heavy atom. The van der Waals surface area contributed by atoms with Crippen molar-refractivity contribution in [3.63, 3.8) is 0 Å². The van der Waals surface area contributed by atoms with Crippen LogP contribution in [0.1, 0.15) is 11.1 Å². The molecule has 0 bridgehead atoms. The normalized spacial score (nSPS) is 11.5. The number of halogens is 3. The van der Waals surface area contributed by atoms with Gasteiger partial charge in [-0.1, -0.05) is 54.6 Å². The number of nitrogens with zero attached hydrogens (tertiary/aromatic N) is 2. The Morgan fingerprint density at radius 3 is 2.20 bits per heavy atom. The van der Waals surface area contributed by atoms with Crippen molar-refractivity contribution < 1.29 is 22.6 Å². The maximum absolute atomic E-state index is 13.8. The van der Waals surface area contributed by atoms with Crippen LogP contribution in [0, 0.1) is 0 Å². The minimum Gasteiger partial charge on any atom is -0.497 e. The summed E-state index contributed by atoms with van der Waals surface area (Å²) < 4.78 is 54.1. The quantitative estimate of drug-likeness (QED) is 0.255. The molecule has 0 aliphatic carbocycles. The molecule has 0 atom stereocenters. The monoisotopic (exact) mass is 474 g/mol. The van der Waals surface area contributed by atoms with Crippen molar-refractivity contribution in [2.75, 3.05) is 7.11 Å². The summed E-state index contributed by atoms with van der Waals surface area (Å²) in [5, 5.41) is 4.85. The second-order valence-electron chi connectivity index (χ2n) is 8.00. The molecule has 5 rings (SSSR count). The van der Waals surface area contributed by atoms with Gasteiger partial charge < -0.3 is 9.47 Å². The average Bonchev–Trinajstić information content (AvgIpc) is 3.22. The number of hydrogen-bond acceptors (Lipinski definition) is 3. The number of ether oxygens (including phenoxy) is 2. The van der Waals surface area contributed by atoms with Gasteiger partial charge in [0.2, 0.25) is 0 Å². The van der Waals surface area contributed by atoms with Gasteiger partial charge in [0.1, 0.15) is 22.8 Å². The zero-order valence-corrected chi connectivity index (χ0v) is 18.8. The van der Waals surface area contributed by atoms with E-state index in [1.807, 2.05) is 48.5 Å². The molecule has 0 saturated heterocycles. The van der Waals surface area contributed by atoms with Gasteiger partial charge in [0.15, 0.2) is 0 Å². The highest BCUT2D eigenvalue weighted by Crippen LogP contribution is 2.39. The molecule has 0 spiro atoms. The molecular weight excluding hydrogens is 453 g/mol. The lowest BCUT2D eigenvalue weighted by atomic mass is 10.0. The number of aromatic nitrogens is 2. The zero-order valence-electron chi connectivity index (χ0n) is 18.8. The average molecular weight is 474 g/mol. The largest absolute Gasteiger partial charge is 0.497 e. The van der Waals surface area contributed by atoms with Gasteiger partial charge in [-0.15, -0.1) is 0 Å². The summed E-state index contributed by atoms with van der Waals surface area (Å²) in [6.45, 7) is 0.325. The fourth-order valence-electron chi connectivity index (χ4n) is 4.04. The standard InChI is InChI=1S/C28H21F3N2O2/c1-34-21-13-15-22(16-14-21)35-23-10-5-9-20(17-23)27-24-11-6-12-25(28(29,30)31)26(24)32-33(27)18-19-7-3-2-4-8-19/h2-17H,18H2,1H3. The van der Waals surface area contributed by atoms with E-state index in [0.717, 1.165) is 11.6 Å². The smallest absolute Gasteiger partial charge is 0.418 e. The van der Waals surface area contributed by atoms with Crippen molar-refractivity contribution >= 4 is 10.9 Å². The van der Waals surface area contributed by atoms with Gasteiger partial charge >= 0.3 is 6.18 Å². The molecule has 0 aliphatic rings. The molecule has 0 radical (unpaired) electrons. The Morgan fingerprint density at radius 2 is 1.49 bits per heavy atom. The van der Waals surface area contributed by atoms with Crippen LogP contribution in [0.4, 0.5) is 13.2 Å². The third-order valence-electron chi connectivity index (χ3n) is 5.65. The molecule has 1 aromatic heterocycles. The van der Waals surface area contributed by atoms with E-state index in [1.54, 1.807) is 48.2 Å². The molecule has 4 nitrogen and oxygen atoms in total. The van der Waals surface area contributed by atoms with Crippen LogP contribution in [0.3, 0.4) is 0 Å². The molecular formula is C28H21F3N2O2. The van der Waals surface area contributed by atoms with Crippen LogP contribution < -0.4 is 9.47 Å². The highest BCUT2D eigenvalue weighted by Gasteiger charge is 2.34. The van der Waals surface area contributed by atoms with Gasteiger partial charge in [0, 0.05) is 10.9 Å². The fraction of sp³-hybridized carbons (Fsp3) is 0.107. The van der Waals surface area contributed by atoms with Crippen LogP contribution >= 0.6 is 0 Å². The first kappa shape index (κ1) is 22.5. The van der Waals surface area contributed by atoms with Crippen LogP contribution in [-0.4, -0.2) is 16.9 Å². The number of alkyl halides is 3.